The predicted molar refractivity (Wildman–Crippen MR) is 139 cm³/mol. The van der Waals surface area contributed by atoms with Crippen LogP contribution in [0.2, 0.25) is 5.02 Å². The molecule has 0 spiro atoms. The van der Waals surface area contributed by atoms with E-state index in [0.717, 1.165) is 23.4 Å². The molecule has 1 unspecified atom stereocenters. The summed E-state index contributed by atoms with van der Waals surface area (Å²) in [6.45, 7) is 6.69. The first-order valence-corrected chi connectivity index (χ1v) is 11.8. The SMILES string of the molecule is COc1cc(C(=O)NCC(C)O)c(Cl)cc1Nc1nccc(-c2cc(C#N)c3c(c2)C(C)(C)CN3)n1. The van der Waals surface area contributed by atoms with Crippen molar-refractivity contribution in [3.05, 3.63) is 58.2 Å². The van der Waals surface area contributed by atoms with Crippen LogP contribution in [0.5, 0.6) is 5.75 Å². The molecule has 1 aliphatic rings. The van der Waals surface area contributed by atoms with Crippen LogP contribution in [0.3, 0.4) is 0 Å². The molecule has 1 atom stereocenters. The molecule has 186 valence electrons. The molecule has 0 aliphatic carbocycles. The monoisotopic (exact) mass is 506 g/mol. The van der Waals surface area contributed by atoms with E-state index in [2.05, 4.69) is 51.9 Å². The number of halogens is 1. The fraction of sp³-hybridized carbons (Fsp3) is 0.308. The van der Waals surface area contributed by atoms with Gasteiger partial charge in [0.05, 0.1) is 46.4 Å². The zero-order valence-corrected chi connectivity index (χ0v) is 21.2. The van der Waals surface area contributed by atoms with Crippen molar-refractivity contribution in [3.8, 4) is 23.1 Å². The van der Waals surface area contributed by atoms with E-state index in [9.17, 15) is 15.2 Å². The van der Waals surface area contributed by atoms with E-state index in [0.29, 0.717) is 28.6 Å². The summed E-state index contributed by atoms with van der Waals surface area (Å²) < 4.78 is 5.46. The van der Waals surface area contributed by atoms with Crippen LogP contribution in [0.15, 0.2) is 36.5 Å². The summed E-state index contributed by atoms with van der Waals surface area (Å²) in [5.74, 6) is 0.239. The number of nitrogens with zero attached hydrogens (tertiary/aromatic N) is 3. The van der Waals surface area contributed by atoms with Crippen molar-refractivity contribution in [2.75, 3.05) is 30.8 Å². The van der Waals surface area contributed by atoms with Gasteiger partial charge < -0.3 is 25.8 Å². The summed E-state index contributed by atoms with van der Waals surface area (Å²) >= 11 is 6.38. The smallest absolute Gasteiger partial charge is 0.253 e. The van der Waals surface area contributed by atoms with Gasteiger partial charge in [-0.05, 0) is 42.8 Å². The summed E-state index contributed by atoms with van der Waals surface area (Å²) in [5.41, 5.74) is 4.54. The average molecular weight is 507 g/mol. The molecular weight excluding hydrogens is 480 g/mol. The molecule has 1 aliphatic heterocycles. The van der Waals surface area contributed by atoms with Crippen LogP contribution in [0.25, 0.3) is 11.3 Å². The van der Waals surface area contributed by atoms with Crippen molar-refractivity contribution >= 4 is 34.8 Å². The summed E-state index contributed by atoms with van der Waals surface area (Å²) in [7, 11) is 1.48. The largest absolute Gasteiger partial charge is 0.495 e. The van der Waals surface area contributed by atoms with Crippen molar-refractivity contribution < 1.29 is 14.6 Å². The Hall–Kier alpha value is -3.87. The predicted octanol–water partition coefficient (Wildman–Crippen LogP) is 4.23. The summed E-state index contributed by atoms with van der Waals surface area (Å²) in [6.07, 6.45) is 0.941. The Bertz CT molecular complexity index is 1370. The molecule has 2 heterocycles. The Morgan fingerprint density at radius 3 is 2.83 bits per heavy atom. The molecule has 2 aromatic carbocycles. The number of carbonyl (C=O) groups is 1. The van der Waals surface area contributed by atoms with Crippen molar-refractivity contribution in [1.29, 1.82) is 5.26 Å². The number of methoxy groups -OCH3 is 1. The third-order valence-corrected chi connectivity index (χ3v) is 6.30. The number of hydrogen-bond acceptors (Lipinski definition) is 8. The third-order valence-electron chi connectivity index (χ3n) is 5.98. The lowest BCUT2D eigenvalue weighted by Gasteiger charge is -2.18. The first-order valence-electron chi connectivity index (χ1n) is 11.4. The van der Waals surface area contributed by atoms with Crippen molar-refractivity contribution in [2.45, 2.75) is 32.3 Å². The Labute approximate surface area is 214 Å². The van der Waals surface area contributed by atoms with Crippen LogP contribution in [-0.4, -0.2) is 47.3 Å². The number of anilines is 3. The topological polar surface area (TPSA) is 132 Å². The molecule has 36 heavy (non-hydrogen) atoms. The minimum absolute atomic E-state index is 0.0988. The molecular formula is C26H27ClN6O3. The van der Waals surface area contributed by atoms with Gasteiger partial charge in [0, 0.05) is 30.3 Å². The summed E-state index contributed by atoms with van der Waals surface area (Å²) in [5, 5.41) is 28.4. The van der Waals surface area contributed by atoms with Crippen LogP contribution in [0.4, 0.5) is 17.3 Å². The molecule has 1 aromatic heterocycles. The van der Waals surface area contributed by atoms with Crippen LogP contribution in [0, 0.1) is 11.3 Å². The number of fused-ring (bicyclic) bond motifs is 1. The van der Waals surface area contributed by atoms with E-state index in [4.69, 9.17) is 16.3 Å². The van der Waals surface area contributed by atoms with Gasteiger partial charge in [-0.25, -0.2) is 9.97 Å². The van der Waals surface area contributed by atoms with Crippen molar-refractivity contribution in [1.82, 2.24) is 15.3 Å². The maximum absolute atomic E-state index is 12.5. The first-order chi connectivity index (χ1) is 17.1. The van der Waals surface area contributed by atoms with Gasteiger partial charge in [0.25, 0.3) is 5.91 Å². The summed E-state index contributed by atoms with van der Waals surface area (Å²) in [4.78, 5) is 21.4. The normalized spacial score (nSPS) is 14.2. The first kappa shape index (κ1) is 25.2. The molecule has 0 bridgehead atoms. The number of carbonyl (C=O) groups excluding carboxylic acids is 1. The third kappa shape index (κ3) is 5.05. The van der Waals surface area contributed by atoms with Crippen LogP contribution >= 0.6 is 11.6 Å². The fourth-order valence-electron chi connectivity index (χ4n) is 4.04. The zero-order chi connectivity index (χ0) is 26.0. The number of rotatable bonds is 7. The van der Waals surface area contributed by atoms with E-state index < -0.39 is 12.0 Å². The second-order valence-electron chi connectivity index (χ2n) is 9.28. The lowest BCUT2D eigenvalue weighted by Crippen LogP contribution is -2.30. The van der Waals surface area contributed by atoms with E-state index in [1.54, 1.807) is 25.3 Å². The molecule has 1 amide bonds. The standard InChI is InChI=1S/C26H27ClN6O3/c1-14(34)12-30-24(35)17-9-22(36-4)21(10-19(17)27)33-25-29-6-5-20(32-25)15-7-16(11-28)23-18(8-15)26(2,3)13-31-23/h5-10,14,31,34H,12-13H2,1-4H3,(H,30,35)(H,29,32,33). The van der Waals surface area contributed by atoms with Gasteiger partial charge in [0.2, 0.25) is 5.95 Å². The molecule has 3 aromatic rings. The minimum atomic E-state index is -0.683. The highest BCUT2D eigenvalue weighted by Gasteiger charge is 2.32. The molecule has 0 fully saturated rings. The Kier molecular flexibility index (Phi) is 7.02. The molecule has 4 N–H and O–H groups in total. The van der Waals surface area contributed by atoms with Gasteiger partial charge in [-0.2, -0.15) is 5.26 Å². The van der Waals surface area contributed by atoms with Gasteiger partial charge in [0.15, 0.2) is 0 Å². The number of aliphatic hydroxyl groups excluding tert-OH is 1. The minimum Gasteiger partial charge on any atom is -0.495 e. The maximum atomic E-state index is 12.5. The Morgan fingerprint density at radius 2 is 2.14 bits per heavy atom. The maximum Gasteiger partial charge on any atom is 0.253 e. The number of nitrogens with one attached hydrogen (secondary N) is 3. The number of benzene rings is 2. The fourth-order valence-corrected chi connectivity index (χ4v) is 4.29. The molecule has 0 saturated heterocycles. The van der Waals surface area contributed by atoms with Gasteiger partial charge in [-0.1, -0.05) is 25.4 Å². The molecule has 10 heteroatoms. The van der Waals surface area contributed by atoms with E-state index in [1.807, 2.05) is 6.07 Å². The molecule has 4 rings (SSSR count). The Morgan fingerprint density at radius 1 is 1.36 bits per heavy atom. The highest BCUT2D eigenvalue weighted by molar-refractivity contribution is 6.34. The lowest BCUT2D eigenvalue weighted by molar-refractivity contribution is 0.0924. The molecule has 9 nitrogen and oxygen atoms in total. The van der Waals surface area contributed by atoms with Gasteiger partial charge in [-0.15, -0.1) is 0 Å². The number of amides is 1. The second kappa shape index (κ2) is 10.0. The van der Waals surface area contributed by atoms with E-state index >= 15 is 0 Å². The van der Waals surface area contributed by atoms with Crippen LogP contribution < -0.4 is 20.7 Å². The summed E-state index contributed by atoms with van der Waals surface area (Å²) in [6, 6.07) is 11.0. The quantitative estimate of drug-likeness (QED) is 0.374. The average Bonchev–Trinajstić information content (AvgIpc) is 3.16. The van der Waals surface area contributed by atoms with E-state index in [-0.39, 0.29) is 22.5 Å². The van der Waals surface area contributed by atoms with Gasteiger partial charge in [0.1, 0.15) is 11.8 Å². The molecule has 0 radical (unpaired) electrons. The Balaban J connectivity index is 1.65. The molecule has 0 saturated carbocycles. The van der Waals surface area contributed by atoms with E-state index in [1.165, 1.54) is 13.2 Å². The van der Waals surface area contributed by atoms with Crippen molar-refractivity contribution in [2.24, 2.45) is 0 Å². The van der Waals surface area contributed by atoms with Crippen LogP contribution in [0.1, 0.15) is 42.3 Å². The van der Waals surface area contributed by atoms with Crippen molar-refractivity contribution in [3.63, 3.8) is 0 Å². The number of aliphatic hydroxyl groups is 1. The van der Waals surface area contributed by atoms with Gasteiger partial charge >= 0.3 is 0 Å². The number of hydrogen-bond donors (Lipinski definition) is 4. The number of nitriles is 1. The van der Waals surface area contributed by atoms with Gasteiger partial charge in [-0.3, -0.25) is 4.79 Å². The zero-order valence-electron chi connectivity index (χ0n) is 20.4. The van der Waals surface area contributed by atoms with Crippen LogP contribution in [-0.2, 0) is 5.41 Å². The second-order valence-corrected chi connectivity index (χ2v) is 9.68. The number of aromatic nitrogens is 2. The highest BCUT2D eigenvalue weighted by atomic mass is 35.5. The highest BCUT2D eigenvalue weighted by Crippen LogP contribution is 2.41. The number of ether oxygens (including phenoxy) is 1. The lowest BCUT2D eigenvalue weighted by atomic mass is 9.85.